The number of hydrogen-bond donors (Lipinski definition) is 0. The SMILES string of the molecule is CC(CCCOc1ccc(-c2ccc(OCC3CO3)cc2)cc1)CCCOc1ccc(-c2ccc(OCC3CO3)cc2)cc1. The molecule has 2 unspecified atom stereocenters. The Morgan fingerprint density at radius 3 is 1.09 bits per heavy atom. The minimum Gasteiger partial charge on any atom is -0.494 e. The van der Waals surface area contributed by atoms with Gasteiger partial charge in [0.25, 0.3) is 0 Å². The van der Waals surface area contributed by atoms with E-state index in [2.05, 4.69) is 79.7 Å². The molecule has 44 heavy (non-hydrogen) atoms. The minimum atomic E-state index is 0.269. The van der Waals surface area contributed by atoms with Gasteiger partial charge in [-0.05, 0) is 102 Å². The average molecular weight is 595 g/mol. The number of hydrogen-bond acceptors (Lipinski definition) is 6. The highest BCUT2D eigenvalue weighted by Crippen LogP contribution is 2.27. The van der Waals surface area contributed by atoms with Gasteiger partial charge in [0.05, 0.1) is 26.4 Å². The first kappa shape index (κ1) is 30.0. The van der Waals surface area contributed by atoms with Crippen molar-refractivity contribution >= 4 is 0 Å². The summed E-state index contributed by atoms with van der Waals surface area (Å²) in [6, 6.07) is 33.0. The lowest BCUT2D eigenvalue weighted by atomic mass is 10.0. The van der Waals surface area contributed by atoms with Crippen LogP contribution < -0.4 is 18.9 Å². The second-order valence-corrected chi connectivity index (χ2v) is 11.7. The molecule has 6 nitrogen and oxygen atoms in total. The summed E-state index contributed by atoms with van der Waals surface area (Å²) >= 11 is 0. The number of epoxide rings is 2. The largest absolute Gasteiger partial charge is 0.494 e. The van der Waals surface area contributed by atoms with Gasteiger partial charge in [0.1, 0.15) is 48.4 Å². The third-order valence-electron chi connectivity index (χ3n) is 7.98. The van der Waals surface area contributed by atoms with E-state index in [-0.39, 0.29) is 12.2 Å². The Bertz CT molecular complexity index is 1300. The van der Waals surface area contributed by atoms with E-state index in [1.807, 2.05) is 24.3 Å². The van der Waals surface area contributed by atoms with Crippen LogP contribution in [-0.4, -0.2) is 51.8 Å². The zero-order valence-corrected chi connectivity index (χ0v) is 25.5. The van der Waals surface area contributed by atoms with Gasteiger partial charge in [0.15, 0.2) is 0 Å². The van der Waals surface area contributed by atoms with Crippen LogP contribution in [-0.2, 0) is 9.47 Å². The Morgan fingerprint density at radius 2 is 0.795 bits per heavy atom. The fraction of sp³-hybridized carbons (Fsp3) is 0.368. The first-order valence-electron chi connectivity index (χ1n) is 15.8. The van der Waals surface area contributed by atoms with Crippen LogP contribution in [0, 0.1) is 5.92 Å². The zero-order valence-electron chi connectivity index (χ0n) is 25.5. The molecule has 2 aliphatic rings. The summed E-state index contributed by atoms with van der Waals surface area (Å²) in [5.74, 6) is 4.22. The molecule has 0 spiro atoms. The van der Waals surface area contributed by atoms with Crippen molar-refractivity contribution in [3.8, 4) is 45.3 Å². The minimum absolute atomic E-state index is 0.269. The van der Waals surface area contributed by atoms with E-state index in [1.54, 1.807) is 0 Å². The first-order chi connectivity index (χ1) is 21.7. The molecule has 4 aromatic rings. The van der Waals surface area contributed by atoms with E-state index in [0.717, 1.165) is 97.4 Å². The molecule has 0 radical (unpaired) electrons. The second-order valence-electron chi connectivity index (χ2n) is 11.7. The maximum atomic E-state index is 6.01. The van der Waals surface area contributed by atoms with Crippen LogP contribution >= 0.6 is 0 Å². The van der Waals surface area contributed by atoms with Crippen LogP contribution in [0.1, 0.15) is 32.6 Å². The van der Waals surface area contributed by atoms with Crippen molar-refractivity contribution in [2.45, 2.75) is 44.8 Å². The van der Waals surface area contributed by atoms with Gasteiger partial charge in [0.2, 0.25) is 0 Å². The highest BCUT2D eigenvalue weighted by molar-refractivity contribution is 5.65. The molecule has 2 atom stereocenters. The Kier molecular flexibility index (Phi) is 10.3. The van der Waals surface area contributed by atoms with E-state index in [1.165, 1.54) is 0 Å². The Balaban J connectivity index is 0.826. The molecule has 2 saturated heterocycles. The lowest BCUT2D eigenvalue weighted by Crippen LogP contribution is -2.04. The molecule has 6 heteroatoms. The summed E-state index contributed by atoms with van der Waals surface area (Å²) in [5, 5.41) is 0. The monoisotopic (exact) mass is 594 g/mol. The van der Waals surface area contributed by atoms with Crippen LogP contribution in [0.5, 0.6) is 23.0 Å². The van der Waals surface area contributed by atoms with E-state index in [9.17, 15) is 0 Å². The molecule has 0 saturated carbocycles. The van der Waals surface area contributed by atoms with Crippen molar-refractivity contribution in [3.05, 3.63) is 97.1 Å². The van der Waals surface area contributed by atoms with Gasteiger partial charge in [-0.2, -0.15) is 0 Å². The molecule has 2 heterocycles. The molecule has 0 amide bonds. The third kappa shape index (κ3) is 9.50. The van der Waals surface area contributed by atoms with Crippen molar-refractivity contribution in [1.29, 1.82) is 0 Å². The van der Waals surface area contributed by atoms with Crippen LogP contribution in [0.4, 0.5) is 0 Å². The van der Waals surface area contributed by atoms with Crippen molar-refractivity contribution in [3.63, 3.8) is 0 Å². The Hall–Kier alpha value is -4.00. The smallest absolute Gasteiger partial charge is 0.119 e. The molecule has 0 aliphatic carbocycles. The topological polar surface area (TPSA) is 62.0 Å². The average Bonchev–Trinajstić information content (AvgIpc) is 4.01. The van der Waals surface area contributed by atoms with E-state index in [0.29, 0.717) is 19.1 Å². The van der Waals surface area contributed by atoms with Crippen LogP contribution in [0.2, 0.25) is 0 Å². The van der Waals surface area contributed by atoms with Crippen molar-refractivity contribution in [2.75, 3.05) is 39.6 Å². The van der Waals surface area contributed by atoms with Gasteiger partial charge < -0.3 is 28.4 Å². The third-order valence-corrected chi connectivity index (χ3v) is 7.98. The maximum absolute atomic E-state index is 6.01. The summed E-state index contributed by atoms with van der Waals surface area (Å²) in [6.45, 7) is 6.64. The highest BCUT2D eigenvalue weighted by atomic mass is 16.6. The van der Waals surface area contributed by atoms with E-state index in [4.69, 9.17) is 28.4 Å². The fourth-order valence-corrected chi connectivity index (χ4v) is 5.07. The molecule has 0 aromatic heterocycles. The summed E-state index contributed by atoms with van der Waals surface area (Å²) in [7, 11) is 0. The van der Waals surface area contributed by atoms with Crippen LogP contribution in [0.3, 0.4) is 0 Å². The van der Waals surface area contributed by atoms with Crippen molar-refractivity contribution < 1.29 is 28.4 Å². The van der Waals surface area contributed by atoms with Gasteiger partial charge in [0, 0.05) is 0 Å². The predicted molar refractivity (Wildman–Crippen MR) is 173 cm³/mol. The van der Waals surface area contributed by atoms with Gasteiger partial charge >= 0.3 is 0 Å². The molecule has 0 bridgehead atoms. The number of rotatable bonds is 18. The van der Waals surface area contributed by atoms with Gasteiger partial charge in [-0.3, -0.25) is 0 Å². The zero-order chi connectivity index (χ0) is 30.0. The quantitative estimate of drug-likeness (QED) is 0.0854. The lowest BCUT2D eigenvalue weighted by molar-refractivity contribution is 0.263. The Labute approximate surface area is 260 Å². The van der Waals surface area contributed by atoms with E-state index >= 15 is 0 Å². The number of benzene rings is 4. The molecular formula is C38H42O6. The standard InChI is InChI=1S/C38H42O6/c1-28(4-2-22-39-33-14-6-29(7-15-33)31-10-18-35(19-11-31)41-24-37-26-43-37)5-3-23-40-34-16-8-30(9-17-34)32-12-20-36(21-13-32)42-25-38-27-44-38/h6-21,28,37-38H,2-5,22-27H2,1H3. The van der Waals surface area contributed by atoms with Gasteiger partial charge in [-0.1, -0.05) is 55.5 Å². The predicted octanol–water partition coefficient (Wildman–Crippen LogP) is 8.23. The summed E-state index contributed by atoms with van der Waals surface area (Å²) in [4.78, 5) is 0. The van der Waals surface area contributed by atoms with Crippen molar-refractivity contribution in [1.82, 2.24) is 0 Å². The molecule has 4 aromatic carbocycles. The molecular weight excluding hydrogens is 552 g/mol. The molecule has 2 aliphatic heterocycles. The van der Waals surface area contributed by atoms with Gasteiger partial charge in [-0.15, -0.1) is 0 Å². The summed E-state index contributed by atoms with van der Waals surface area (Å²) in [5.41, 5.74) is 4.65. The second kappa shape index (κ2) is 15.1. The van der Waals surface area contributed by atoms with Crippen LogP contribution in [0.15, 0.2) is 97.1 Å². The Morgan fingerprint density at radius 1 is 0.500 bits per heavy atom. The van der Waals surface area contributed by atoms with E-state index < -0.39 is 0 Å². The molecule has 2 fully saturated rings. The lowest BCUT2D eigenvalue weighted by Gasteiger charge is -2.13. The normalized spacial score (nSPS) is 17.5. The molecule has 0 N–H and O–H groups in total. The van der Waals surface area contributed by atoms with Crippen LogP contribution in [0.25, 0.3) is 22.3 Å². The molecule has 6 rings (SSSR count). The first-order valence-corrected chi connectivity index (χ1v) is 15.8. The summed E-state index contributed by atoms with van der Waals surface area (Å²) in [6.07, 6.45) is 4.91. The maximum Gasteiger partial charge on any atom is 0.119 e. The number of ether oxygens (including phenoxy) is 6. The molecule has 230 valence electrons. The highest BCUT2D eigenvalue weighted by Gasteiger charge is 2.23. The summed E-state index contributed by atoms with van der Waals surface area (Å²) < 4.78 is 33.9. The van der Waals surface area contributed by atoms with Crippen molar-refractivity contribution in [2.24, 2.45) is 5.92 Å². The fourth-order valence-electron chi connectivity index (χ4n) is 5.07. The van der Waals surface area contributed by atoms with Gasteiger partial charge in [-0.25, -0.2) is 0 Å².